The first-order valence-corrected chi connectivity index (χ1v) is 22.7. The van der Waals surface area contributed by atoms with Gasteiger partial charge >= 0.3 is 0 Å². The predicted molar refractivity (Wildman–Crippen MR) is 272 cm³/mol. The van der Waals surface area contributed by atoms with E-state index in [-0.39, 0.29) is 16.2 Å². The van der Waals surface area contributed by atoms with E-state index in [1.165, 1.54) is 44.8 Å². The van der Waals surface area contributed by atoms with Crippen LogP contribution in [-0.2, 0) is 16.2 Å². The summed E-state index contributed by atoms with van der Waals surface area (Å²) in [6.07, 6.45) is 4.27. The molecule has 65 heavy (non-hydrogen) atoms. The van der Waals surface area contributed by atoms with Crippen molar-refractivity contribution in [3.63, 3.8) is 0 Å². The fraction of sp³-hybridized carbons (Fsp3) is 0.183. The van der Waals surface area contributed by atoms with Crippen LogP contribution in [0.1, 0.15) is 70.7 Å². The van der Waals surface area contributed by atoms with Gasteiger partial charge in [-0.25, -0.2) is 4.98 Å². The van der Waals surface area contributed by atoms with Gasteiger partial charge in [-0.15, -0.1) is 0 Å². The molecule has 10 rings (SSSR count). The lowest BCUT2D eigenvalue weighted by molar-refractivity contribution is 0.483. The van der Waals surface area contributed by atoms with Crippen LogP contribution in [-0.4, -0.2) is 16.2 Å². The summed E-state index contributed by atoms with van der Waals surface area (Å²) in [5.74, 6) is 2.39. The molecule has 0 atom stereocenters. The summed E-state index contributed by atoms with van der Waals surface area (Å²) in [4.78, 5) is 9.85. The summed E-state index contributed by atoms with van der Waals surface area (Å²) >= 11 is 0. The van der Waals surface area contributed by atoms with Gasteiger partial charge in [-0.05, 0) is 99.5 Å². The molecular formula is C60H56N4O. The van der Waals surface area contributed by atoms with E-state index < -0.39 is 0 Å². The second kappa shape index (κ2) is 16.3. The zero-order valence-electron chi connectivity index (χ0n) is 38.5. The van der Waals surface area contributed by atoms with Crippen LogP contribution >= 0.6 is 0 Å². The van der Waals surface area contributed by atoms with Gasteiger partial charge in [0.15, 0.2) is 0 Å². The Morgan fingerprint density at radius 3 is 1.83 bits per heavy atom. The number of fused-ring (bicyclic) bond motifs is 3. The number of aromatic nitrogens is 2. The summed E-state index contributed by atoms with van der Waals surface area (Å²) in [5.41, 5.74) is 12.5. The van der Waals surface area contributed by atoms with E-state index in [0.29, 0.717) is 6.67 Å². The minimum Gasteiger partial charge on any atom is -0.457 e. The molecule has 5 nitrogen and oxygen atoms in total. The van der Waals surface area contributed by atoms with Crippen molar-refractivity contribution in [2.75, 3.05) is 16.5 Å². The van der Waals surface area contributed by atoms with Gasteiger partial charge in [0.25, 0.3) is 0 Å². The third kappa shape index (κ3) is 7.86. The lowest BCUT2D eigenvalue weighted by Crippen LogP contribution is -2.34. The SMILES string of the molecule is CC(C)(C)c1cccc(N2CN(c3cccc(Oc4ccc5c6cc(-c7ccccc7)ccc6n(-c6cc(C(C)(C)c7ccccc7)ccn6)c5c4)c3)C=C2C(C)(C)c2ccccc2)c1. The third-order valence-corrected chi connectivity index (χ3v) is 13.4. The summed E-state index contributed by atoms with van der Waals surface area (Å²) < 4.78 is 9.13. The molecule has 0 spiro atoms. The molecular weight excluding hydrogens is 793 g/mol. The second-order valence-corrected chi connectivity index (χ2v) is 19.5. The molecule has 0 unspecified atom stereocenters. The van der Waals surface area contributed by atoms with Crippen molar-refractivity contribution in [2.45, 2.75) is 64.7 Å². The number of rotatable bonds is 10. The minimum atomic E-state index is -0.261. The molecule has 3 heterocycles. The smallest absolute Gasteiger partial charge is 0.137 e. The monoisotopic (exact) mass is 848 g/mol. The van der Waals surface area contributed by atoms with Crippen LogP contribution < -0.4 is 14.5 Å². The van der Waals surface area contributed by atoms with Gasteiger partial charge in [0.2, 0.25) is 0 Å². The first-order valence-electron chi connectivity index (χ1n) is 22.7. The van der Waals surface area contributed by atoms with E-state index >= 15 is 0 Å². The average molecular weight is 849 g/mol. The zero-order valence-corrected chi connectivity index (χ0v) is 38.5. The molecule has 9 aromatic rings. The first kappa shape index (κ1) is 41.6. The molecule has 0 amide bonds. The number of benzene rings is 7. The van der Waals surface area contributed by atoms with Crippen molar-refractivity contribution in [2.24, 2.45) is 0 Å². The second-order valence-electron chi connectivity index (χ2n) is 19.5. The van der Waals surface area contributed by atoms with Gasteiger partial charge in [0, 0.05) is 63.2 Å². The van der Waals surface area contributed by atoms with E-state index in [9.17, 15) is 0 Å². The van der Waals surface area contributed by atoms with Crippen LogP contribution in [0.5, 0.6) is 11.5 Å². The number of anilines is 2. The molecule has 2 aromatic heterocycles. The molecule has 7 aromatic carbocycles. The summed E-state index contributed by atoms with van der Waals surface area (Å²) in [5, 5.41) is 2.30. The highest BCUT2D eigenvalue weighted by molar-refractivity contribution is 6.10. The van der Waals surface area contributed by atoms with Crippen molar-refractivity contribution in [1.82, 2.24) is 9.55 Å². The van der Waals surface area contributed by atoms with Crippen LogP contribution in [0.25, 0.3) is 38.8 Å². The predicted octanol–water partition coefficient (Wildman–Crippen LogP) is 15.4. The van der Waals surface area contributed by atoms with Gasteiger partial charge in [0.1, 0.15) is 17.3 Å². The zero-order chi connectivity index (χ0) is 44.9. The maximum Gasteiger partial charge on any atom is 0.137 e. The van der Waals surface area contributed by atoms with Gasteiger partial charge in [-0.2, -0.15) is 0 Å². The molecule has 0 bridgehead atoms. The summed E-state index contributed by atoms with van der Waals surface area (Å²) in [6, 6.07) is 67.2. The molecule has 1 aliphatic heterocycles. The Bertz CT molecular complexity index is 3190. The average Bonchev–Trinajstić information content (AvgIpc) is 3.93. The number of pyridine rings is 1. The van der Waals surface area contributed by atoms with Crippen molar-refractivity contribution < 1.29 is 4.74 Å². The van der Waals surface area contributed by atoms with E-state index in [0.717, 1.165) is 44.8 Å². The Hall–Kier alpha value is -7.37. The lowest BCUT2D eigenvalue weighted by atomic mass is 9.78. The molecule has 5 heteroatoms. The van der Waals surface area contributed by atoms with E-state index in [1.54, 1.807) is 0 Å². The Labute approximate surface area is 383 Å². The van der Waals surface area contributed by atoms with Crippen molar-refractivity contribution in [3.05, 3.63) is 228 Å². The molecule has 0 aliphatic carbocycles. The topological polar surface area (TPSA) is 33.5 Å². The number of ether oxygens (including phenoxy) is 1. The molecule has 0 N–H and O–H groups in total. The fourth-order valence-corrected chi connectivity index (χ4v) is 9.44. The van der Waals surface area contributed by atoms with Gasteiger partial charge < -0.3 is 14.5 Å². The van der Waals surface area contributed by atoms with Crippen LogP contribution in [0.3, 0.4) is 0 Å². The van der Waals surface area contributed by atoms with Gasteiger partial charge in [0.05, 0.1) is 17.7 Å². The number of hydrogen-bond donors (Lipinski definition) is 0. The van der Waals surface area contributed by atoms with Crippen LogP contribution in [0.4, 0.5) is 11.4 Å². The van der Waals surface area contributed by atoms with E-state index in [1.807, 2.05) is 12.3 Å². The van der Waals surface area contributed by atoms with E-state index in [4.69, 9.17) is 9.72 Å². The molecule has 0 fully saturated rings. The Morgan fingerprint density at radius 2 is 1.11 bits per heavy atom. The minimum absolute atomic E-state index is 0.0300. The Morgan fingerprint density at radius 1 is 0.462 bits per heavy atom. The Kier molecular flexibility index (Phi) is 10.5. The highest BCUT2D eigenvalue weighted by Gasteiger charge is 2.36. The highest BCUT2D eigenvalue weighted by Crippen LogP contribution is 2.43. The standard InChI is InChI=1S/C60H56N4O/c1-58(2,3)46-25-17-27-49(36-46)63-41-62(40-56(63)60(6,7)45-23-15-10-16-24-45)48-26-18-28-50(38-48)65-51-30-31-52-53-35-43(42-19-11-8-12-20-42)29-32-54(53)64(55(52)39-51)57-37-47(33-34-61-57)59(4,5)44-21-13-9-14-22-44/h8-40H,41H2,1-7H3. The molecule has 0 saturated carbocycles. The van der Waals surface area contributed by atoms with E-state index in [2.05, 4.69) is 251 Å². The lowest BCUT2D eigenvalue weighted by Gasteiger charge is -2.34. The summed E-state index contributed by atoms with van der Waals surface area (Å²) in [7, 11) is 0. The van der Waals surface area contributed by atoms with Gasteiger partial charge in [-0.3, -0.25) is 4.57 Å². The van der Waals surface area contributed by atoms with Crippen LogP contribution in [0, 0.1) is 0 Å². The molecule has 0 radical (unpaired) electrons. The van der Waals surface area contributed by atoms with Crippen molar-refractivity contribution in [3.8, 4) is 28.4 Å². The quantitative estimate of drug-likeness (QED) is 0.137. The fourth-order valence-electron chi connectivity index (χ4n) is 9.44. The Balaban J connectivity index is 1.04. The largest absolute Gasteiger partial charge is 0.457 e. The van der Waals surface area contributed by atoms with Crippen LogP contribution in [0.15, 0.2) is 206 Å². The maximum atomic E-state index is 6.84. The molecule has 0 saturated heterocycles. The van der Waals surface area contributed by atoms with Crippen molar-refractivity contribution in [1.29, 1.82) is 0 Å². The maximum absolute atomic E-state index is 6.84. The number of nitrogens with zero attached hydrogens (tertiary/aromatic N) is 4. The van der Waals surface area contributed by atoms with Gasteiger partial charge in [-0.1, -0.05) is 164 Å². The number of allylic oxidation sites excluding steroid dienone is 1. The van der Waals surface area contributed by atoms with Crippen LogP contribution in [0.2, 0.25) is 0 Å². The normalized spacial score (nSPS) is 13.4. The third-order valence-electron chi connectivity index (χ3n) is 13.4. The summed E-state index contributed by atoms with van der Waals surface area (Å²) in [6.45, 7) is 16.7. The van der Waals surface area contributed by atoms with Crippen molar-refractivity contribution >= 4 is 33.2 Å². The highest BCUT2D eigenvalue weighted by atomic mass is 16.5. The number of hydrogen-bond acceptors (Lipinski definition) is 4. The molecule has 322 valence electrons. The first-order chi connectivity index (χ1) is 31.3. The molecule has 1 aliphatic rings.